The molecule has 18 heavy (non-hydrogen) atoms. The SMILES string of the molecule is CC(C)(C)OC(=O)N1CC(=O)Cc2ccccc21. The highest BCUT2D eigenvalue weighted by molar-refractivity contribution is 6.00. The molecule has 0 unspecified atom stereocenters. The summed E-state index contributed by atoms with van der Waals surface area (Å²) >= 11 is 0. The zero-order valence-electron chi connectivity index (χ0n) is 10.9. The van der Waals surface area contributed by atoms with Gasteiger partial charge in [-0.15, -0.1) is 0 Å². The largest absolute Gasteiger partial charge is 0.443 e. The van der Waals surface area contributed by atoms with Crippen molar-refractivity contribution in [3.8, 4) is 0 Å². The number of hydrogen-bond donors (Lipinski definition) is 0. The van der Waals surface area contributed by atoms with E-state index in [9.17, 15) is 9.59 Å². The number of hydrogen-bond acceptors (Lipinski definition) is 3. The topological polar surface area (TPSA) is 46.6 Å². The van der Waals surface area contributed by atoms with E-state index >= 15 is 0 Å². The number of anilines is 1. The molecule has 0 N–H and O–H groups in total. The minimum absolute atomic E-state index is 0.0274. The summed E-state index contributed by atoms with van der Waals surface area (Å²) in [6.45, 7) is 5.51. The number of para-hydroxylation sites is 1. The molecule has 0 radical (unpaired) electrons. The van der Waals surface area contributed by atoms with Gasteiger partial charge in [0.15, 0.2) is 5.78 Å². The highest BCUT2D eigenvalue weighted by atomic mass is 16.6. The summed E-state index contributed by atoms with van der Waals surface area (Å²) in [5.74, 6) is 0.0274. The van der Waals surface area contributed by atoms with Crippen LogP contribution in [0.25, 0.3) is 0 Å². The van der Waals surface area contributed by atoms with E-state index < -0.39 is 11.7 Å². The van der Waals surface area contributed by atoms with Crippen LogP contribution in [0.5, 0.6) is 0 Å². The molecule has 1 aliphatic rings. The quantitative estimate of drug-likeness (QED) is 0.707. The van der Waals surface area contributed by atoms with Gasteiger partial charge in [0.2, 0.25) is 0 Å². The van der Waals surface area contributed by atoms with Gasteiger partial charge in [0.05, 0.1) is 12.2 Å². The molecule has 1 aromatic carbocycles. The molecule has 1 aromatic rings. The second-order valence-electron chi connectivity index (χ2n) is 5.41. The normalized spacial score (nSPS) is 15.3. The average molecular weight is 247 g/mol. The van der Waals surface area contributed by atoms with Gasteiger partial charge < -0.3 is 4.74 Å². The van der Waals surface area contributed by atoms with Gasteiger partial charge in [0, 0.05) is 6.42 Å². The van der Waals surface area contributed by atoms with E-state index in [2.05, 4.69) is 0 Å². The third kappa shape index (κ3) is 2.70. The van der Waals surface area contributed by atoms with Crippen LogP contribution >= 0.6 is 0 Å². The van der Waals surface area contributed by atoms with Crippen molar-refractivity contribution in [3.05, 3.63) is 29.8 Å². The van der Waals surface area contributed by atoms with Gasteiger partial charge in [0.1, 0.15) is 5.60 Å². The maximum absolute atomic E-state index is 12.1. The van der Waals surface area contributed by atoms with Crippen molar-refractivity contribution in [3.63, 3.8) is 0 Å². The predicted octanol–water partition coefficient (Wildman–Crippen LogP) is 2.55. The molecule has 1 heterocycles. The minimum atomic E-state index is -0.563. The number of nitrogens with zero attached hydrogens (tertiary/aromatic N) is 1. The van der Waals surface area contributed by atoms with Gasteiger partial charge in [0.25, 0.3) is 0 Å². The molecule has 2 rings (SSSR count). The molecule has 0 saturated carbocycles. The maximum Gasteiger partial charge on any atom is 0.415 e. The fourth-order valence-corrected chi connectivity index (χ4v) is 1.93. The van der Waals surface area contributed by atoms with Gasteiger partial charge in [-0.25, -0.2) is 4.79 Å². The molecular formula is C14H17NO3. The lowest BCUT2D eigenvalue weighted by Gasteiger charge is -2.30. The van der Waals surface area contributed by atoms with Crippen LogP contribution in [-0.4, -0.2) is 24.0 Å². The number of amides is 1. The zero-order valence-corrected chi connectivity index (χ0v) is 10.9. The van der Waals surface area contributed by atoms with Gasteiger partial charge in [-0.05, 0) is 32.4 Å². The summed E-state index contributed by atoms with van der Waals surface area (Å²) in [7, 11) is 0. The Morgan fingerprint density at radius 1 is 1.28 bits per heavy atom. The van der Waals surface area contributed by atoms with Gasteiger partial charge in [-0.1, -0.05) is 18.2 Å². The molecule has 0 fully saturated rings. The molecule has 0 spiro atoms. The first kappa shape index (κ1) is 12.6. The van der Waals surface area contributed by atoms with Crippen LogP contribution in [0.15, 0.2) is 24.3 Å². The van der Waals surface area contributed by atoms with E-state index in [1.54, 1.807) is 0 Å². The lowest BCUT2D eigenvalue weighted by atomic mass is 10.0. The Hall–Kier alpha value is -1.84. The van der Waals surface area contributed by atoms with Crippen LogP contribution in [0.1, 0.15) is 26.3 Å². The third-order valence-electron chi connectivity index (χ3n) is 2.62. The van der Waals surface area contributed by atoms with Crippen LogP contribution < -0.4 is 4.90 Å². The van der Waals surface area contributed by atoms with Crippen LogP contribution in [-0.2, 0) is 16.0 Å². The smallest absolute Gasteiger partial charge is 0.415 e. The summed E-state index contributed by atoms with van der Waals surface area (Å²) in [5, 5.41) is 0. The lowest BCUT2D eigenvalue weighted by Crippen LogP contribution is -2.43. The van der Waals surface area contributed by atoms with Crippen LogP contribution in [0.4, 0.5) is 10.5 Å². The predicted molar refractivity (Wildman–Crippen MR) is 68.7 cm³/mol. The zero-order chi connectivity index (χ0) is 13.3. The van der Waals surface area contributed by atoms with E-state index in [1.165, 1.54) is 4.90 Å². The fraction of sp³-hybridized carbons (Fsp3) is 0.429. The van der Waals surface area contributed by atoms with Crippen molar-refractivity contribution >= 4 is 17.6 Å². The molecule has 0 atom stereocenters. The molecule has 96 valence electrons. The summed E-state index contributed by atoms with van der Waals surface area (Å²) < 4.78 is 5.32. The highest BCUT2D eigenvalue weighted by Crippen LogP contribution is 2.26. The third-order valence-corrected chi connectivity index (χ3v) is 2.62. The monoisotopic (exact) mass is 247 g/mol. The number of Topliss-reactive ketones (excluding diaryl/α,β-unsaturated/α-hetero) is 1. The molecule has 1 amide bonds. The minimum Gasteiger partial charge on any atom is -0.443 e. The van der Waals surface area contributed by atoms with Crippen LogP contribution in [0.3, 0.4) is 0 Å². The fourth-order valence-electron chi connectivity index (χ4n) is 1.93. The number of benzene rings is 1. The standard InChI is InChI=1S/C14H17NO3/c1-14(2,3)18-13(17)15-9-11(16)8-10-6-4-5-7-12(10)15/h4-7H,8-9H2,1-3H3. The molecule has 0 saturated heterocycles. The number of carbonyl (C=O) groups is 2. The Labute approximate surface area is 107 Å². The average Bonchev–Trinajstić information content (AvgIpc) is 2.25. The van der Waals surface area contributed by atoms with Crippen molar-refractivity contribution in [2.75, 3.05) is 11.4 Å². The molecule has 0 aliphatic carbocycles. The number of carbonyl (C=O) groups excluding carboxylic acids is 2. The summed E-state index contributed by atoms with van der Waals surface area (Å²) in [6.07, 6.45) is -0.0850. The molecular weight excluding hydrogens is 230 g/mol. The van der Waals surface area contributed by atoms with Crippen LogP contribution in [0.2, 0.25) is 0 Å². The van der Waals surface area contributed by atoms with Crippen molar-refractivity contribution < 1.29 is 14.3 Å². The Balaban J connectivity index is 2.29. The first-order chi connectivity index (χ1) is 8.37. The summed E-state index contributed by atoms with van der Waals surface area (Å²) in [6, 6.07) is 7.42. The van der Waals surface area contributed by atoms with Crippen molar-refractivity contribution in [1.29, 1.82) is 0 Å². The maximum atomic E-state index is 12.1. The Morgan fingerprint density at radius 2 is 1.94 bits per heavy atom. The summed E-state index contributed by atoms with van der Waals surface area (Å²) in [4.78, 5) is 25.1. The highest BCUT2D eigenvalue weighted by Gasteiger charge is 2.30. The van der Waals surface area contributed by atoms with E-state index in [1.807, 2.05) is 45.0 Å². The molecule has 1 aliphatic heterocycles. The number of fused-ring (bicyclic) bond motifs is 1. The van der Waals surface area contributed by atoms with Crippen LogP contribution in [0, 0.1) is 0 Å². The molecule has 0 bridgehead atoms. The molecule has 0 aromatic heterocycles. The Bertz CT molecular complexity index is 488. The van der Waals surface area contributed by atoms with Crippen molar-refractivity contribution in [1.82, 2.24) is 0 Å². The number of rotatable bonds is 0. The van der Waals surface area contributed by atoms with Crippen molar-refractivity contribution in [2.45, 2.75) is 32.8 Å². The van der Waals surface area contributed by atoms with Gasteiger partial charge in [-0.3, -0.25) is 9.69 Å². The van der Waals surface area contributed by atoms with E-state index in [0.29, 0.717) is 6.42 Å². The van der Waals surface area contributed by atoms with E-state index in [4.69, 9.17) is 4.74 Å². The molecule has 4 nitrogen and oxygen atoms in total. The first-order valence-corrected chi connectivity index (χ1v) is 5.97. The first-order valence-electron chi connectivity index (χ1n) is 5.97. The molecule has 4 heteroatoms. The van der Waals surface area contributed by atoms with Gasteiger partial charge >= 0.3 is 6.09 Å². The van der Waals surface area contributed by atoms with E-state index in [0.717, 1.165) is 11.3 Å². The van der Waals surface area contributed by atoms with Gasteiger partial charge in [-0.2, -0.15) is 0 Å². The lowest BCUT2D eigenvalue weighted by molar-refractivity contribution is -0.117. The summed E-state index contributed by atoms with van der Waals surface area (Å²) in [5.41, 5.74) is 1.08. The Morgan fingerprint density at radius 3 is 2.61 bits per heavy atom. The Kier molecular flexibility index (Phi) is 3.11. The number of ether oxygens (including phenoxy) is 1. The van der Waals surface area contributed by atoms with E-state index in [-0.39, 0.29) is 12.3 Å². The number of ketones is 1. The van der Waals surface area contributed by atoms with Crippen molar-refractivity contribution in [2.24, 2.45) is 0 Å². The second-order valence-corrected chi connectivity index (χ2v) is 5.41. The second kappa shape index (κ2) is 4.44.